The Labute approximate surface area is 151 Å². The fraction of sp³-hybridized carbons (Fsp3) is 0. The van der Waals surface area contributed by atoms with E-state index in [9.17, 15) is 9.90 Å². The molecular weight excluding hydrogens is 238 g/mol. The summed E-state index contributed by atoms with van der Waals surface area (Å²) in [4.78, 5) is 18.5. The van der Waals surface area contributed by atoms with Crippen LogP contribution >= 0.6 is 0 Å². The molecule has 7 heteroatoms. The molecule has 0 unspecified atom stereocenters. The van der Waals surface area contributed by atoms with Gasteiger partial charge >= 0.3 is 86.9 Å². The number of hydrogen-bond acceptors (Lipinski definition) is 4. The Morgan fingerprint density at radius 3 is 1.87 bits per heavy atom. The van der Waals surface area contributed by atoms with Crippen molar-refractivity contribution < 1.29 is 106 Å². The van der Waals surface area contributed by atoms with Crippen molar-refractivity contribution in [2.75, 3.05) is 0 Å². The average molecular weight is 244 g/mol. The molecule has 0 spiro atoms. The maximum absolute atomic E-state index is 10.5. The zero-order valence-electron chi connectivity index (χ0n) is 8.47. The Morgan fingerprint density at radius 2 is 1.60 bits per heavy atom. The van der Waals surface area contributed by atoms with E-state index in [4.69, 9.17) is 15.0 Å². The van der Waals surface area contributed by atoms with Gasteiger partial charge in [-0.05, 0) is 12.1 Å². The van der Waals surface area contributed by atoms with E-state index in [1.54, 1.807) is 0 Å². The van der Waals surface area contributed by atoms with Gasteiger partial charge in [-0.1, -0.05) is 12.1 Å². The van der Waals surface area contributed by atoms with Crippen molar-refractivity contribution in [2.45, 2.75) is 0 Å². The molecular formula is C8H6KNaO5. The molecule has 0 aliphatic carbocycles. The molecule has 15 heavy (non-hydrogen) atoms. The van der Waals surface area contributed by atoms with E-state index in [0.717, 1.165) is 0 Å². The van der Waals surface area contributed by atoms with Gasteiger partial charge in [0.1, 0.15) is 0 Å². The van der Waals surface area contributed by atoms with Crippen LogP contribution in [0.15, 0.2) is 24.3 Å². The monoisotopic (exact) mass is 244 g/mol. The number of aromatic carboxylic acids is 1. The minimum Gasteiger partial charge on any atom is -0.872 e. The summed E-state index contributed by atoms with van der Waals surface area (Å²) in [6.07, 6.45) is 0. The Bertz CT molecular complexity index is 288. The Balaban J connectivity index is -0.000000260. The van der Waals surface area contributed by atoms with E-state index in [1.165, 1.54) is 24.3 Å². The number of carbonyl (C=O) groups is 2. The molecule has 0 radical (unpaired) electrons. The predicted octanol–water partition coefficient (Wildman–Crippen LogP) is -7.17. The van der Waals surface area contributed by atoms with E-state index < -0.39 is 12.4 Å². The van der Waals surface area contributed by atoms with Crippen LogP contribution in [0.1, 0.15) is 10.4 Å². The molecule has 5 nitrogen and oxygen atoms in total. The molecule has 0 heterocycles. The van der Waals surface area contributed by atoms with Crippen molar-refractivity contribution in [2.24, 2.45) is 0 Å². The molecule has 0 aliphatic rings. The zero-order chi connectivity index (χ0) is 10.3. The standard InChI is InChI=1S/C7H6O3.CH2O2.K.Na/c8-6-3-1-5(2-4-6)7(9)10;2-1-3;;/h1-4,8H,(H,9,10);1H,(H,2,3);;/q;;2*+1/p-2. The van der Waals surface area contributed by atoms with Crippen molar-refractivity contribution in [1.29, 1.82) is 0 Å². The Hall–Kier alpha value is 0.596. The molecule has 1 rings (SSSR count). The third-order valence-corrected chi connectivity index (χ3v) is 1.10. The number of rotatable bonds is 1. The largest absolute Gasteiger partial charge is 1.00 e. The minimum atomic E-state index is -1.01. The van der Waals surface area contributed by atoms with Gasteiger partial charge < -0.3 is 20.1 Å². The Morgan fingerprint density at radius 1 is 1.27 bits per heavy atom. The first-order valence-electron chi connectivity index (χ1n) is 3.17. The zero-order valence-corrected chi connectivity index (χ0v) is 13.6. The topological polar surface area (TPSA) is 100 Å². The van der Waals surface area contributed by atoms with Crippen molar-refractivity contribution >= 4 is 12.4 Å². The quantitative estimate of drug-likeness (QED) is 0.391. The third kappa shape index (κ3) is 10.9. The number of carboxylic acids is 1. The summed E-state index contributed by atoms with van der Waals surface area (Å²) in [5.74, 6) is -1.19. The second-order valence-corrected chi connectivity index (χ2v) is 1.93. The van der Waals surface area contributed by atoms with Crippen LogP contribution in [0.25, 0.3) is 0 Å². The number of benzene rings is 1. The molecule has 0 aromatic heterocycles. The van der Waals surface area contributed by atoms with E-state index >= 15 is 0 Å². The molecule has 0 fully saturated rings. The van der Waals surface area contributed by atoms with Crippen LogP contribution < -0.4 is 91.2 Å². The van der Waals surface area contributed by atoms with Crippen LogP contribution in [0, 0.1) is 0 Å². The van der Waals surface area contributed by atoms with Crippen LogP contribution in [0.4, 0.5) is 0 Å². The molecule has 0 aliphatic heterocycles. The van der Waals surface area contributed by atoms with Gasteiger partial charge in [-0.3, -0.25) is 0 Å². The molecule has 70 valence electrons. The van der Waals surface area contributed by atoms with Gasteiger partial charge in [0.05, 0.1) is 5.56 Å². The van der Waals surface area contributed by atoms with Gasteiger partial charge in [0.2, 0.25) is 0 Å². The summed E-state index contributed by atoms with van der Waals surface area (Å²) in [5.41, 5.74) is 0.139. The van der Waals surface area contributed by atoms with Crippen molar-refractivity contribution in [3.8, 4) is 5.75 Å². The molecule has 0 saturated heterocycles. The maximum Gasteiger partial charge on any atom is 1.00 e. The van der Waals surface area contributed by atoms with E-state index in [0.29, 0.717) is 0 Å². The average Bonchev–Trinajstić information content (AvgIpc) is 2.06. The predicted molar refractivity (Wildman–Crippen MR) is 38.9 cm³/mol. The first-order chi connectivity index (χ1) is 6.11. The first kappa shape index (κ1) is 20.9. The molecule has 0 bridgehead atoms. The molecule has 0 saturated carbocycles. The van der Waals surface area contributed by atoms with E-state index in [2.05, 4.69) is 0 Å². The molecule has 1 aromatic rings. The van der Waals surface area contributed by atoms with Crippen molar-refractivity contribution in [3.05, 3.63) is 29.8 Å². The van der Waals surface area contributed by atoms with Crippen LogP contribution in [-0.2, 0) is 4.79 Å². The summed E-state index contributed by atoms with van der Waals surface area (Å²) in [5, 5.41) is 27.1. The summed E-state index contributed by atoms with van der Waals surface area (Å²) in [6, 6.07) is 5.02. The van der Waals surface area contributed by atoms with Gasteiger partial charge in [-0.15, -0.1) is 5.75 Å². The normalized spacial score (nSPS) is 6.93. The number of carbonyl (C=O) groups excluding carboxylic acids is 1. The summed E-state index contributed by atoms with van der Waals surface area (Å²) >= 11 is 0. The second kappa shape index (κ2) is 12.7. The first-order valence-corrected chi connectivity index (χ1v) is 3.17. The second-order valence-electron chi connectivity index (χ2n) is 1.93. The van der Waals surface area contributed by atoms with Crippen LogP contribution in [0.3, 0.4) is 0 Å². The van der Waals surface area contributed by atoms with Gasteiger partial charge in [-0.25, -0.2) is 4.79 Å². The van der Waals surface area contributed by atoms with Gasteiger partial charge in [0, 0.05) is 6.47 Å². The van der Waals surface area contributed by atoms with Crippen LogP contribution in [-0.4, -0.2) is 17.5 Å². The number of hydrogen-bond donors (Lipinski definition) is 1. The summed E-state index contributed by atoms with van der Waals surface area (Å²) < 4.78 is 0. The molecule has 1 N–H and O–H groups in total. The fourth-order valence-corrected chi connectivity index (χ4v) is 0.598. The van der Waals surface area contributed by atoms with Gasteiger partial charge in [-0.2, -0.15) is 0 Å². The SMILES string of the molecule is O=C(O)c1ccc([O-])cc1.O=C[O-].[K+].[Na+]. The smallest absolute Gasteiger partial charge is 0.872 e. The van der Waals surface area contributed by atoms with Crippen molar-refractivity contribution in [3.63, 3.8) is 0 Å². The van der Waals surface area contributed by atoms with E-state index in [-0.39, 0.29) is 92.3 Å². The summed E-state index contributed by atoms with van der Waals surface area (Å²) in [7, 11) is 0. The van der Waals surface area contributed by atoms with Gasteiger partial charge in [0.25, 0.3) is 0 Å². The van der Waals surface area contributed by atoms with Crippen molar-refractivity contribution in [1.82, 2.24) is 0 Å². The third-order valence-electron chi connectivity index (χ3n) is 1.10. The van der Waals surface area contributed by atoms with Gasteiger partial charge in [0.15, 0.2) is 0 Å². The maximum atomic E-state index is 10.5. The van der Waals surface area contributed by atoms with Crippen LogP contribution in [0.2, 0.25) is 0 Å². The molecule has 0 atom stereocenters. The fourth-order valence-electron chi connectivity index (χ4n) is 0.598. The summed E-state index contributed by atoms with van der Waals surface area (Å²) in [6.45, 7) is -0.500. The van der Waals surface area contributed by atoms with E-state index in [1.807, 2.05) is 0 Å². The minimum absolute atomic E-state index is 0. The molecule has 1 aromatic carbocycles. The number of carboxylic acid groups (broad SMARTS) is 2. The Kier molecular flexibility index (Phi) is 17.7. The van der Waals surface area contributed by atoms with Crippen LogP contribution in [0.5, 0.6) is 5.75 Å². The molecule has 0 amide bonds.